The van der Waals surface area contributed by atoms with E-state index >= 15 is 0 Å². The molecule has 4 nitrogen and oxygen atoms in total. The number of aliphatic imine (C=N–C) groups is 1. The lowest BCUT2D eigenvalue weighted by molar-refractivity contribution is 0.317. The molecule has 0 spiro atoms. The van der Waals surface area contributed by atoms with Crippen molar-refractivity contribution < 1.29 is 0 Å². The molecule has 0 amide bonds. The van der Waals surface area contributed by atoms with Crippen molar-refractivity contribution in [1.82, 2.24) is 15.5 Å². The Labute approximate surface area is 93.1 Å². The van der Waals surface area contributed by atoms with E-state index in [0.717, 1.165) is 25.6 Å². The minimum atomic E-state index is 0.636. The maximum absolute atomic E-state index is 4.59. The van der Waals surface area contributed by atoms with Crippen molar-refractivity contribution in [2.75, 3.05) is 33.2 Å². The number of hydrogen-bond acceptors (Lipinski definition) is 2. The fourth-order valence-electron chi connectivity index (χ4n) is 1.92. The van der Waals surface area contributed by atoms with Crippen LogP contribution in [-0.4, -0.2) is 50.1 Å². The normalized spacial score (nSPS) is 21.4. The second kappa shape index (κ2) is 6.67. The molecule has 1 saturated heterocycles. The van der Waals surface area contributed by atoms with Crippen LogP contribution < -0.4 is 10.6 Å². The summed E-state index contributed by atoms with van der Waals surface area (Å²) in [5.41, 5.74) is 0. The third kappa shape index (κ3) is 4.08. The molecule has 1 fully saturated rings. The molecule has 4 heteroatoms. The summed E-state index contributed by atoms with van der Waals surface area (Å²) >= 11 is 0. The Morgan fingerprint density at radius 3 is 2.47 bits per heavy atom. The Bertz CT molecular complexity index is 195. The molecule has 1 atom stereocenters. The SMILES string of the molecule is CCNC(=NCC1CCCN1C)NCC. The van der Waals surface area contributed by atoms with Gasteiger partial charge in [0.25, 0.3) is 0 Å². The van der Waals surface area contributed by atoms with Gasteiger partial charge in [0.15, 0.2) is 5.96 Å². The van der Waals surface area contributed by atoms with Crippen LogP contribution in [0.2, 0.25) is 0 Å². The van der Waals surface area contributed by atoms with Crippen molar-refractivity contribution in [3.63, 3.8) is 0 Å². The Hall–Kier alpha value is -0.770. The van der Waals surface area contributed by atoms with E-state index in [4.69, 9.17) is 0 Å². The Balaban J connectivity index is 2.37. The first-order valence-corrected chi connectivity index (χ1v) is 6.00. The van der Waals surface area contributed by atoms with Crippen LogP contribution in [0.25, 0.3) is 0 Å². The highest BCUT2D eigenvalue weighted by Crippen LogP contribution is 2.14. The monoisotopic (exact) mass is 212 g/mol. The van der Waals surface area contributed by atoms with Gasteiger partial charge in [0.2, 0.25) is 0 Å². The van der Waals surface area contributed by atoms with Gasteiger partial charge in [-0.1, -0.05) is 0 Å². The largest absolute Gasteiger partial charge is 0.357 e. The van der Waals surface area contributed by atoms with Crippen molar-refractivity contribution in [1.29, 1.82) is 0 Å². The highest BCUT2D eigenvalue weighted by Gasteiger charge is 2.20. The molecule has 0 bridgehead atoms. The molecular formula is C11H24N4. The molecule has 0 aliphatic carbocycles. The molecule has 0 aromatic heterocycles. The molecule has 15 heavy (non-hydrogen) atoms. The van der Waals surface area contributed by atoms with E-state index in [-0.39, 0.29) is 0 Å². The molecule has 1 unspecified atom stereocenters. The van der Waals surface area contributed by atoms with Crippen LogP contribution in [-0.2, 0) is 0 Å². The van der Waals surface area contributed by atoms with Gasteiger partial charge < -0.3 is 15.5 Å². The summed E-state index contributed by atoms with van der Waals surface area (Å²) in [6.45, 7) is 8.16. The number of rotatable bonds is 4. The van der Waals surface area contributed by atoms with Crippen molar-refractivity contribution in [3.8, 4) is 0 Å². The zero-order chi connectivity index (χ0) is 11.1. The number of nitrogens with one attached hydrogen (secondary N) is 2. The van der Waals surface area contributed by atoms with Gasteiger partial charge in [0, 0.05) is 19.1 Å². The molecule has 0 aromatic carbocycles. The lowest BCUT2D eigenvalue weighted by atomic mass is 10.2. The minimum Gasteiger partial charge on any atom is -0.357 e. The van der Waals surface area contributed by atoms with Crippen LogP contribution >= 0.6 is 0 Å². The molecule has 1 aliphatic heterocycles. The van der Waals surface area contributed by atoms with Gasteiger partial charge in [0.1, 0.15) is 0 Å². The highest BCUT2D eigenvalue weighted by atomic mass is 15.2. The number of guanidine groups is 1. The maximum atomic E-state index is 4.59. The average molecular weight is 212 g/mol. The Kier molecular flexibility index (Phi) is 5.47. The molecular weight excluding hydrogens is 188 g/mol. The van der Waals surface area contributed by atoms with Crippen molar-refractivity contribution in [2.45, 2.75) is 32.7 Å². The molecule has 2 N–H and O–H groups in total. The van der Waals surface area contributed by atoms with Crippen molar-refractivity contribution in [2.24, 2.45) is 4.99 Å². The first-order valence-electron chi connectivity index (χ1n) is 6.00. The van der Waals surface area contributed by atoms with E-state index in [1.165, 1.54) is 19.4 Å². The topological polar surface area (TPSA) is 39.7 Å². The average Bonchev–Trinajstić information content (AvgIpc) is 2.61. The van der Waals surface area contributed by atoms with Crippen LogP contribution in [0.3, 0.4) is 0 Å². The minimum absolute atomic E-state index is 0.636. The van der Waals surface area contributed by atoms with Gasteiger partial charge in [0.05, 0.1) is 6.54 Å². The number of nitrogens with zero attached hydrogens (tertiary/aromatic N) is 2. The molecule has 0 radical (unpaired) electrons. The summed E-state index contributed by atoms with van der Waals surface area (Å²) in [6, 6.07) is 0.636. The third-order valence-electron chi connectivity index (χ3n) is 2.82. The van der Waals surface area contributed by atoms with Crippen LogP contribution in [0, 0.1) is 0 Å². The molecule has 1 heterocycles. The van der Waals surface area contributed by atoms with Gasteiger partial charge >= 0.3 is 0 Å². The van der Waals surface area contributed by atoms with E-state index in [2.05, 4.69) is 41.4 Å². The van der Waals surface area contributed by atoms with Crippen LogP contribution in [0.1, 0.15) is 26.7 Å². The molecule has 0 saturated carbocycles. The lowest BCUT2D eigenvalue weighted by Crippen LogP contribution is -2.38. The fraction of sp³-hybridized carbons (Fsp3) is 0.909. The summed E-state index contributed by atoms with van der Waals surface area (Å²) in [4.78, 5) is 6.99. The highest BCUT2D eigenvalue weighted by molar-refractivity contribution is 5.79. The smallest absolute Gasteiger partial charge is 0.191 e. The number of likely N-dealkylation sites (tertiary alicyclic amines) is 1. The van der Waals surface area contributed by atoms with Gasteiger partial charge in [-0.05, 0) is 40.3 Å². The van der Waals surface area contributed by atoms with E-state index < -0.39 is 0 Å². The van der Waals surface area contributed by atoms with E-state index in [1.807, 2.05) is 0 Å². The second-order valence-electron chi connectivity index (χ2n) is 4.03. The zero-order valence-corrected chi connectivity index (χ0v) is 10.2. The quantitative estimate of drug-likeness (QED) is 0.531. The van der Waals surface area contributed by atoms with E-state index in [1.54, 1.807) is 0 Å². The molecule has 1 rings (SSSR count). The summed E-state index contributed by atoms with van der Waals surface area (Å²) < 4.78 is 0. The molecule has 88 valence electrons. The van der Waals surface area contributed by atoms with Gasteiger partial charge in [-0.3, -0.25) is 4.99 Å². The lowest BCUT2D eigenvalue weighted by Gasteiger charge is -2.18. The summed E-state index contributed by atoms with van der Waals surface area (Å²) in [5, 5.41) is 6.49. The van der Waals surface area contributed by atoms with Gasteiger partial charge in [-0.2, -0.15) is 0 Å². The number of likely N-dealkylation sites (N-methyl/N-ethyl adjacent to an activating group) is 1. The van der Waals surface area contributed by atoms with Crippen molar-refractivity contribution in [3.05, 3.63) is 0 Å². The predicted octanol–water partition coefficient (Wildman–Crippen LogP) is 0.656. The summed E-state index contributed by atoms with van der Waals surface area (Å²) in [5.74, 6) is 0.945. The first kappa shape index (κ1) is 12.3. The van der Waals surface area contributed by atoms with E-state index in [0.29, 0.717) is 6.04 Å². The summed E-state index contributed by atoms with van der Waals surface area (Å²) in [7, 11) is 2.19. The second-order valence-corrected chi connectivity index (χ2v) is 4.03. The predicted molar refractivity (Wildman–Crippen MR) is 65.3 cm³/mol. The zero-order valence-electron chi connectivity index (χ0n) is 10.2. The first-order chi connectivity index (χ1) is 7.27. The fourth-order valence-corrected chi connectivity index (χ4v) is 1.92. The van der Waals surface area contributed by atoms with Crippen molar-refractivity contribution >= 4 is 5.96 Å². The molecule has 1 aliphatic rings. The van der Waals surface area contributed by atoms with Crippen LogP contribution in [0.4, 0.5) is 0 Å². The Morgan fingerprint density at radius 1 is 1.33 bits per heavy atom. The van der Waals surface area contributed by atoms with Crippen LogP contribution in [0.5, 0.6) is 0 Å². The van der Waals surface area contributed by atoms with E-state index in [9.17, 15) is 0 Å². The van der Waals surface area contributed by atoms with Gasteiger partial charge in [-0.15, -0.1) is 0 Å². The number of hydrogen-bond donors (Lipinski definition) is 2. The summed E-state index contributed by atoms with van der Waals surface area (Å²) in [6.07, 6.45) is 2.60. The standard InChI is InChI=1S/C11H24N4/c1-4-12-11(13-5-2)14-9-10-7-6-8-15(10)3/h10H,4-9H2,1-3H3,(H2,12,13,14). The Morgan fingerprint density at radius 2 is 2.00 bits per heavy atom. The van der Waals surface area contributed by atoms with Gasteiger partial charge in [-0.25, -0.2) is 0 Å². The third-order valence-corrected chi connectivity index (χ3v) is 2.82. The molecule has 0 aromatic rings. The maximum Gasteiger partial charge on any atom is 0.191 e. The van der Waals surface area contributed by atoms with Crippen LogP contribution in [0.15, 0.2) is 4.99 Å².